The number of carbonyl (C=O) groups is 2. The highest BCUT2D eigenvalue weighted by Gasteiger charge is 2.61. The number of halogens is 4. The molecule has 430 valence electrons. The van der Waals surface area contributed by atoms with Gasteiger partial charge in [-0.05, 0) is 96.6 Å². The van der Waals surface area contributed by atoms with Gasteiger partial charge in [0.05, 0.1) is 74.7 Å². The summed E-state index contributed by atoms with van der Waals surface area (Å²) in [6.07, 6.45) is 2.44. The summed E-state index contributed by atoms with van der Waals surface area (Å²) >= 11 is 0. The van der Waals surface area contributed by atoms with Gasteiger partial charge in [-0.25, -0.2) is 44.4 Å². The number of hydrogen-bond donors (Lipinski definition) is 2. The number of alkyl halides is 2. The highest BCUT2D eigenvalue weighted by molar-refractivity contribution is 7.92. The summed E-state index contributed by atoms with van der Waals surface area (Å²) in [7, 11) is -2.21. The molecule has 4 aliphatic rings. The molecule has 3 atom stereocenters. The lowest BCUT2D eigenvalue weighted by molar-refractivity contribution is 0.0949. The van der Waals surface area contributed by atoms with Gasteiger partial charge in [-0.3, -0.25) is 18.2 Å². The number of ether oxygens (including phenoxy) is 2. The predicted octanol–water partition coefficient (Wildman–Crippen LogP) is 10.9. The standard InChI is InChI=1S/C60H50F4N8O10S2/c1-59(24-35(59)55-51(57(73)65-2)33-17-31(42(21-49(33)81-55)69(4)83(6,75)76)39-11-13-47-53(67-39)45-19-29-37(61)9-8-10-41(29)71(45)26-79-47)23-28-15-38(62)30-20-46-54-48(80-27-72(46)44(30)16-28)14-12-40(68-54)32-18-34-50(22-43(32)70(5)84(7,77)78)82-56(36-25-60(36,63)64)52(34)58(74)66-3/h8-22,35-36H,23-27H2,1-7H3,(H,65,73)(H,66,74). The highest BCUT2D eigenvalue weighted by Crippen LogP contribution is 2.63. The number of anilines is 2. The van der Waals surface area contributed by atoms with Crippen molar-refractivity contribution in [2.45, 2.75) is 57.4 Å². The minimum Gasteiger partial charge on any atom is -0.470 e. The second-order valence-corrected chi connectivity index (χ2v) is 26.4. The lowest BCUT2D eigenvalue weighted by Crippen LogP contribution is -2.25. The number of carbonyl (C=O) groups excluding carboxylic acids is 2. The van der Waals surface area contributed by atoms with Gasteiger partial charge in [-0.15, -0.1) is 0 Å². The van der Waals surface area contributed by atoms with Crippen LogP contribution < -0.4 is 28.7 Å². The second kappa shape index (κ2) is 18.1. The van der Waals surface area contributed by atoms with Crippen molar-refractivity contribution in [3.63, 3.8) is 0 Å². The number of amides is 2. The quantitative estimate of drug-likeness (QED) is 0.109. The number of benzene rings is 4. The molecule has 24 heteroatoms. The predicted molar refractivity (Wildman–Crippen MR) is 307 cm³/mol. The van der Waals surface area contributed by atoms with E-state index in [0.29, 0.717) is 91.5 Å². The summed E-state index contributed by atoms with van der Waals surface area (Å²) in [6.45, 7) is 2.12. The first-order valence-corrected chi connectivity index (χ1v) is 30.3. The van der Waals surface area contributed by atoms with E-state index < -0.39 is 67.2 Å². The van der Waals surface area contributed by atoms with E-state index in [4.69, 9.17) is 28.3 Å². The molecular formula is C60H50F4N8O10S2. The molecule has 0 radical (unpaired) electrons. The molecule has 8 heterocycles. The van der Waals surface area contributed by atoms with Crippen LogP contribution in [0.25, 0.3) is 89.0 Å². The molecule has 18 nitrogen and oxygen atoms in total. The average molecular weight is 1180 g/mol. The number of aromatic nitrogens is 4. The van der Waals surface area contributed by atoms with Gasteiger partial charge in [-0.2, -0.15) is 0 Å². The van der Waals surface area contributed by atoms with Gasteiger partial charge in [-0.1, -0.05) is 13.0 Å². The molecule has 2 fully saturated rings. The Balaban J connectivity index is 0.822. The largest absolute Gasteiger partial charge is 0.470 e. The van der Waals surface area contributed by atoms with E-state index >= 15 is 8.78 Å². The second-order valence-electron chi connectivity index (χ2n) is 22.4. The third-order valence-corrected chi connectivity index (χ3v) is 19.4. The van der Waals surface area contributed by atoms with Gasteiger partial charge in [0.2, 0.25) is 20.0 Å². The normalized spacial score (nSPS) is 18.4. The Morgan fingerprint density at radius 3 is 1.62 bits per heavy atom. The zero-order valence-corrected chi connectivity index (χ0v) is 47.6. The molecule has 3 unspecified atom stereocenters. The first-order chi connectivity index (χ1) is 39.8. The van der Waals surface area contributed by atoms with Crippen LogP contribution in [0.5, 0.6) is 11.5 Å². The fourth-order valence-electron chi connectivity index (χ4n) is 12.2. The van der Waals surface area contributed by atoms with Crippen molar-refractivity contribution < 1.29 is 62.3 Å². The average Bonchev–Trinajstić information content (AvgIpc) is 1.66. The number of nitrogens with zero attached hydrogens (tertiary/aromatic N) is 6. The Hall–Kier alpha value is -8.90. The monoisotopic (exact) mass is 1180 g/mol. The van der Waals surface area contributed by atoms with Crippen LogP contribution in [0, 0.1) is 17.0 Å². The van der Waals surface area contributed by atoms with Crippen molar-refractivity contribution in [2.24, 2.45) is 5.41 Å². The lowest BCUT2D eigenvalue weighted by Gasteiger charge is -2.23. The Morgan fingerprint density at radius 1 is 0.643 bits per heavy atom. The molecule has 0 saturated heterocycles. The van der Waals surface area contributed by atoms with Gasteiger partial charge in [0.25, 0.3) is 17.7 Å². The number of fused-ring (bicyclic) bond motifs is 12. The molecule has 2 saturated carbocycles. The van der Waals surface area contributed by atoms with Crippen LogP contribution in [0.1, 0.15) is 69.4 Å². The number of sulfonamides is 2. The van der Waals surface area contributed by atoms with Crippen LogP contribution in [0.4, 0.5) is 28.9 Å². The summed E-state index contributed by atoms with van der Waals surface area (Å²) < 4.78 is 144. The van der Waals surface area contributed by atoms with Crippen LogP contribution in [0.2, 0.25) is 0 Å². The molecule has 2 aliphatic heterocycles. The van der Waals surface area contributed by atoms with Crippen molar-refractivity contribution in [1.82, 2.24) is 29.7 Å². The molecule has 2 aliphatic carbocycles. The van der Waals surface area contributed by atoms with Crippen LogP contribution in [0.15, 0.2) is 99.8 Å². The molecule has 2 amide bonds. The summed E-state index contributed by atoms with van der Waals surface area (Å²) in [5, 5.41) is 6.50. The topological polar surface area (TPSA) is 213 Å². The lowest BCUT2D eigenvalue weighted by atomic mass is 9.93. The first-order valence-electron chi connectivity index (χ1n) is 26.6. The Labute approximate surface area is 476 Å². The van der Waals surface area contributed by atoms with E-state index in [2.05, 4.69) is 10.6 Å². The van der Waals surface area contributed by atoms with Crippen molar-refractivity contribution in [1.29, 1.82) is 0 Å². The third-order valence-electron chi connectivity index (χ3n) is 17.0. The van der Waals surface area contributed by atoms with E-state index in [-0.39, 0.29) is 80.8 Å². The number of rotatable bonds is 12. The molecular weight excluding hydrogens is 1130 g/mol. The first kappa shape index (κ1) is 53.1. The van der Waals surface area contributed by atoms with Gasteiger partial charge >= 0.3 is 0 Å². The molecule has 4 aromatic carbocycles. The van der Waals surface area contributed by atoms with Gasteiger partial charge in [0, 0.05) is 85.3 Å². The summed E-state index contributed by atoms with van der Waals surface area (Å²) in [4.78, 5) is 37.4. The number of nitrogens with one attached hydrogen (secondary N) is 2. The summed E-state index contributed by atoms with van der Waals surface area (Å²) in [5.74, 6) is -5.86. The maximum Gasteiger partial charge on any atom is 0.259 e. The molecule has 0 spiro atoms. The summed E-state index contributed by atoms with van der Waals surface area (Å²) in [5.41, 5.74) is 4.87. The van der Waals surface area contributed by atoms with E-state index in [1.165, 1.54) is 52.5 Å². The fourth-order valence-corrected chi connectivity index (χ4v) is 13.2. The molecule has 14 rings (SSSR count). The number of furan rings is 2. The SMILES string of the molecule is CNC(=O)c1c(C2CC2(F)F)oc2cc(N(C)S(C)(=O)=O)c(-c3ccc4c(n3)-c3cc5c(F)cc(CC6(C)CC6c6oc7cc(N(C)S(C)(=O)=O)c(-c8ccc9c(n8)-c8cc%10c(F)cccc%10n8CO9)cc7c6C(=O)NC)cc5n3CO4)cc12. The summed E-state index contributed by atoms with van der Waals surface area (Å²) in [6, 6.07) is 24.3. The van der Waals surface area contributed by atoms with Gasteiger partial charge in [0.1, 0.15) is 57.2 Å². The number of hydrogen-bond acceptors (Lipinski definition) is 12. The van der Waals surface area contributed by atoms with Crippen molar-refractivity contribution in [3.05, 3.63) is 131 Å². The molecule has 84 heavy (non-hydrogen) atoms. The third kappa shape index (κ3) is 8.14. The highest BCUT2D eigenvalue weighted by atomic mass is 32.2. The van der Waals surface area contributed by atoms with Gasteiger partial charge < -0.3 is 38.1 Å². The molecule has 6 aromatic heterocycles. The minimum atomic E-state index is -3.93. The van der Waals surface area contributed by atoms with E-state index in [1.54, 1.807) is 65.2 Å². The molecule has 10 aromatic rings. The van der Waals surface area contributed by atoms with Crippen molar-refractivity contribution >= 4 is 87.0 Å². The number of pyridine rings is 2. The Bertz CT molecular complexity index is 4840. The Morgan fingerprint density at radius 2 is 1.13 bits per heavy atom. The maximum absolute atomic E-state index is 16.7. The maximum atomic E-state index is 16.7. The zero-order valence-electron chi connectivity index (χ0n) is 45.9. The van der Waals surface area contributed by atoms with E-state index in [0.717, 1.165) is 21.1 Å². The van der Waals surface area contributed by atoms with Crippen molar-refractivity contribution in [2.75, 3.05) is 49.3 Å². The molecule has 2 N–H and O–H groups in total. The van der Waals surface area contributed by atoms with Crippen molar-refractivity contribution in [3.8, 4) is 56.8 Å². The van der Waals surface area contributed by atoms with Crippen LogP contribution in [-0.4, -0.2) is 94.4 Å². The smallest absolute Gasteiger partial charge is 0.259 e. The van der Waals surface area contributed by atoms with E-state index in [9.17, 15) is 35.2 Å². The minimum absolute atomic E-state index is 0.0188. The Kier molecular flexibility index (Phi) is 11.4. The zero-order chi connectivity index (χ0) is 59.0. The fraction of sp³-hybridized carbons (Fsp3) is 0.267. The molecule has 0 bridgehead atoms. The van der Waals surface area contributed by atoms with Crippen LogP contribution in [0.3, 0.4) is 0 Å². The van der Waals surface area contributed by atoms with Crippen LogP contribution >= 0.6 is 0 Å². The van der Waals surface area contributed by atoms with Gasteiger partial charge in [0.15, 0.2) is 13.5 Å². The van der Waals surface area contributed by atoms with E-state index in [1.807, 2.05) is 17.6 Å². The van der Waals surface area contributed by atoms with Crippen LogP contribution in [-0.2, 0) is 39.9 Å².